The first kappa shape index (κ1) is 10.0. The summed E-state index contributed by atoms with van der Waals surface area (Å²) in [6.45, 7) is 0.807. The van der Waals surface area contributed by atoms with Crippen LogP contribution in [0.1, 0.15) is 10.6 Å². The molecule has 2 aromatic heterocycles. The maximum atomic E-state index is 5.83. The lowest BCUT2D eigenvalue weighted by atomic mass is 10.4. The van der Waals surface area contributed by atoms with Gasteiger partial charge < -0.3 is 4.57 Å². The topological polar surface area (TPSA) is 17.8 Å². The Morgan fingerprint density at radius 3 is 2.86 bits per heavy atom. The van der Waals surface area contributed by atoms with Crippen molar-refractivity contribution >= 4 is 34.5 Å². The van der Waals surface area contributed by atoms with E-state index in [9.17, 15) is 0 Å². The van der Waals surface area contributed by atoms with Crippen LogP contribution in [-0.4, -0.2) is 9.55 Å². The lowest BCUT2D eigenvalue weighted by Gasteiger charge is -1.96. The van der Waals surface area contributed by atoms with Crippen molar-refractivity contribution in [3.05, 3.63) is 39.6 Å². The first-order valence-corrected chi connectivity index (χ1v) is 5.81. The van der Waals surface area contributed by atoms with Crippen LogP contribution in [0.25, 0.3) is 0 Å². The van der Waals surface area contributed by atoms with Gasteiger partial charge in [0.15, 0.2) is 0 Å². The molecule has 5 heteroatoms. The molecule has 0 unspecified atom stereocenters. The second kappa shape index (κ2) is 4.34. The normalized spacial score (nSPS) is 10.7. The maximum Gasteiger partial charge on any atom is 0.0953 e. The van der Waals surface area contributed by atoms with Gasteiger partial charge in [-0.25, -0.2) is 4.98 Å². The zero-order valence-corrected chi connectivity index (χ0v) is 9.61. The fraction of sp³-hybridized carbons (Fsp3) is 0.222. The number of rotatable bonds is 3. The van der Waals surface area contributed by atoms with Gasteiger partial charge in [0.1, 0.15) is 0 Å². The SMILES string of the molecule is ClCc1cn(Cc2ccc(Cl)s2)cn1. The average molecular weight is 247 g/mol. The van der Waals surface area contributed by atoms with E-state index in [1.165, 1.54) is 4.88 Å². The molecule has 74 valence electrons. The summed E-state index contributed by atoms with van der Waals surface area (Å²) in [6, 6.07) is 3.92. The summed E-state index contributed by atoms with van der Waals surface area (Å²) in [7, 11) is 0. The van der Waals surface area contributed by atoms with Crippen LogP contribution in [0.3, 0.4) is 0 Å². The maximum absolute atomic E-state index is 5.83. The van der Waals surface area contributed by atoms with Gasteiger partial charge in [-0.05, 0) is 12.1 Å². The second-order valence-corrected chi connectivity index (χ2v) is 4.94. The monoisotopic (exact) mass is 246 g/mol. The van der Waals surface area contributed by atoms with Crippen molar-refractivity contribution in [2.45, 2.75) is 12.4 Å². The number of alkyl halides is 1. The fourth-order valence-corrected chi connectivity index (χ4v) is 2.41. The number of aromatic nitrogens is 2. The Kier molecular flexibility index (Phi) is 3.11. The molecule has 2 heterocycles. The van der Waals surface area contributed by atoms with E-state index in [4.69, 9.17) is 23.2 Å². The highest BCUT2D eigenvalue weighted by molar-refractivity contribution is 7.16. The zero-order valence-electron chi connectivity index (χ0n) is 7.28. The Balaban J connectivity index is 2.10. The number of imidazole rings is 1. The van der Waals surface area contributed by atoms with E-state index in [-0.39, 0.29) is 0 Å². The van der Waals surface area contributed by atoms with E-state index in [1.807, 2.05) is 22.9 Å². The zero-order chi connectivity index (χ0) is 9.97. The van der Waals surface area contributed by atoms with Crippen LogP contribution < -0.4 is 0 Å². The van der Waals surface area contributed by atoms with E-state index in [1.54, 1.807) is 17.7 Å². The summed E-state index contributed by atoms with van der Waals surface area (Å²) < 4.78 is 2.82. The number of hydrogen-bond donors (Lipinski definition) is 0. The Labute approximate surface area is 96.1 Å². The van der Waals surface area contributed by atoms with Crippen LogP contribution in [0.2, 0.25) is 4.34 Å². The van der Waals surface area contributed by atoms with Crippen molar-refractivity contribution in [1.82, 2.24) is 9.55 Å². The third-order valence-corrected chi connectivity index (χ3v) is 3.28. The third kappa shape index (κ3) is 2.29. The molecule has 0 fully saturated rings. The summed E-state index contributed by atoms with van der Waals surface area (Å²) >= 11 is 13.1. The molecular formula is C9H8Cl2N2S. The van der Waals surface area contributed by atoms with E-state index in [0.29, 0.717) is 5.88 Å². The van der Waals surface area contributed by atoms with Crippen LogP contribution in [0.5, 0.6) is 0 Å². The number of hydrogen-bond acceptors (Lipinski definition) is 2. The Hall–Kier alpha value is -0.510. The van der Waals surface area contributed by atoms with Gasteiger partial charge in [0, 0.05) is 11.1 Å². The minimum Gasteiger partial charge on any atom is -0.332 e. The highest BCUT2D eigenvalue weighted by atomic mass is 35.5. The van der Waals surface area contributed by atoms with Crippen molar-refractivity contribution in [3.8, 4) is 0 Å². The Morgan fingerprint density at radius 1 is 1.43 bits per heavy atom. The first-order chi connectivity index (χ1) is 6.78. The van der Waals surface area contributed by atoms with Gasteiger partial charge in [0.05, 0.1) is 28.8 Å². The van der Waals surface area contributed by atoms with Gasteiger partial charge in [-0.15, -0.1) is 22.9 Å². The summed E-state index contributed by atoms with van der Waals surface area (Å²) in [5.41, 5.74) is 0.898. The molecule has 0 spiro atoms. The highest BCUT2D eigenvalue weighted by Gasteiger charge is 2.00. The predicted octanol–water partition coefficient (Wildman–Crippen LogP) is 3.39. The van der Waals surface area contributed by atoms with Gasteiger partial charge in [-0.2, -0.15) is 0 Å². The summed E-state index contributed by atoms with van der Waals surface area (Å²) in [5, 5.41) is 0. The number of halogens is 2. The Bertz CT molecular complexity index is 422. The lowest BCUT2D eigenvalue weighted by Crippen LogP contribution is -1.92. The van der Waals surface area contributed by atoms with Gasteiger partial charge >= 0.3 is 0 Å². The molecule has 0 radical (unpaired) electrons. The van der Waals surface area contributed by atoms with Crippen LogP contribution in [0, 0.1) is 0 Å². The van der Waals surface area contributed by atoms with Crippen LogP contribution in [0.15, 0.2) is 24.7 Å². The predicted molar refractivity (Wildman–Crippen MR) is 60.2 cm³/mol. The van der Waals surface area contributed by atoms with Crippen molar-refractivity contribution in [2.75, 3.05) is 0 Å². The van der Waals surface area contributed by atoms with Gasteiger partial charge in [-0.3, -0.25) is 0 Å². The average Bonchev–Trinajstić information content (AvgIpc) is 2.76. The lowest BCUT2D eigenvalue weighted by molar-refractivity contribution is 0.809. The smallest absolute Gasteiger partial charge is 0.0953 e. The highest BCUT2D eigenvalue weighted by Crippen LogP contribution is 2.22. The quantitative estimate of drug-likeness (QED) is 0.760. The van der Waals surface area contributed by atoms with Crippen LogP contribution in [0.4, 0.5) is 0 Å². The molecule has 0 aliphatic carbocycles. The molecule has 0 aliphatic rings. The summed E-state index contributed by atoms with van der Waals surface area (Å²) in [4.78, 5) is 5.36. The van der Waals surface area contributed by atoms with Crippen molar-refractivity contribution in [2.24, 2.45) is 0 Å². The third-order valence-electron chi connectivity index (χ3n) is 1.79. The van der Waals surface area contributed by atoms with E-state index in [0.717, 1.165) is 16.6 Å². The molecule has 0 atom stereocenters. The molecule has 14 heavy (non-hydrogen) atoms. The molecule has 2 rings (SSSR count). The minimum atomic E-state index is 0.457. The molecule has 0 saturated carbocycles. The molecular weight excluding hydrogens is 239 g/mol. The molecule has 0 bridgehead atoms. The molecule has 0 aliphatic heterocycles. The molecule has 0 saturated heterocycles. The molecule has 0 N–H and O–H groups in total. The van der Waals surface area contributed by atoms with Gasteiger partial charge in [0.2, 0.25) is 0 Å². The Morgan fingerprint density at radius 2 is 2.29 bits per heavy atom. The second-order valence-electron chi connectivity index (χ2n) is 2.88. The molecule has 2 aromatic rings. The van der Waals surface area contributed by atoms with Crippen molar-refractivity contribution in [3.63, 3.8) is 0 Å². The van der Waals surface area contributed by atoms with Crippen molar-refractivity contribution < 1.29 is 0 Å². The largest absolute Gasteiger partial charge is 0.332 e. The van der Waals surface area contributed by atoms with Crippen LogP contribution in [-0.2, 0) is 12.4 Å². The van der Waals surface area contributed by atoms with E-state index < -0.39 is 0 Å². The van der Waals surface area contributed by atoms with E-state index >= 15 is 0 Å². The van der Waals surface area contributed by atoms with Crippen LogP contribution >= 0.6 is 34.5 Å². The van der Waals surface area contributed by atoms with Crippen molar-refractivity contribution in [1.29, 1.82) is 0 Å². The summed E-state index contributed by atoms with van der Waals surface area (Å²) in [6.07, 6.45) is 3.73. The fourth-order valence-electron chi connectivity index (χ4n) is 1.18. The number of nitrogens with zero attached hydrogens (tertiary/aromatic N) is 2. The molecule has 0 amide bonds. The van der Waals surface area contributed by atoms with Gasteiger partial charge in [0.25, 0.3) is 0 Å². The van der Waals surface area contributed by atoms with Gasteiger partial charge in [-0.1, -0.05) is 11.6 Å². The molecule has 0 aromatic carbocycles. The standard InChI is InChI=1S/C9H8Cl2N2S/c10-3-7-4-13(6-12-7)5-8-1-2-9(11)14-8/h1-2,4,6H,3,5H2. The number of thiophene rings is 1. The first-order valence-electron chi connectivity index (χ1n) is 4.09. The summed E-state index contributed by atoms with van der Waals surface area (Å²) in [5.74, 6) is 0.457. The molecule has 2 nitrogen and oxygen atoms in total. The minimum absolute atomic E-state index is 0.457. The van der Waals surface area contributed by atoms with E-state index in [2.05, 4.69) is 4.98 Å².